The van der Waals surface area contributed by atoms with E-state index in [1.54, 1.807) is 19.2 Å². The van der Waals surface area contributed by atoms with Crippen molar-refractivity contribution in [3.8, 4) is 0 Å². The minimum atomic E-state index is -0.187. The molecular formula is C28H33N3O3. The molecule has 0 aliphatic carbocycles. The molecule has 3 aromatic carbocycles. The minimum Gasteiger partial charge on any atom is -0.385 e. The molecule has 1 fully saturated rings. The molecule has 3 aromatic rings. The summed E-state index contributed by atoms with van der Waals surface area (Å²) in [6.07, 6.45) is 2.57. The van der Waals surface area contributed by atoms with Crippen LogP contribution < -0.4 is 10.6 Å². The topological polar surface area (TPSA) is 70.7 Å². The number of nitrogens with one attached hydrogen (secondary N) is 2. The molecule has 0 bridgehead atoms. The minimum absolute atomic E-state index is 0.0257. The monoisotopic (exact) mass is 459 g/mol. The summed E-state index contributed by atoms with van der Waals surface area (Å²) < 4.78 is 5.03. The first kappa shape index (κ1) is 23.9. The van der Waals surface area contributed by atoms with Crippen molar-refractivity contribution in [2.75, 3.05) is 38.7 Å². The van der Waals surface area contributed by atoms with Crippen molar-refractivity contribution >= 4 is 28.3 Å². The number of methoxy groups -OCH3 is 1. The Morgan fingerprint density at radius 1 is 1.03 bits per heavy atom. The van der Waals surface area contributed by atoms with Crippen LogP contribution >= 0.6 is 0 Å². The second-order valence-corrected chi connectivity index (χ2v) is 8.85. The predicted molar refractivity (Wildman–Crippen MR) is 136 cm³/mol. The van der Waals surface area contributed by atoms with Gasteiger partial charge in [-0.25, -0.2) is 0 Å². The number of piperidine rings is 1. The van der Waals surface area contributed by atoms with E-state index < -0.39 is 0 Å². The SMILES string of the molecule is COCCCNC(=O)c1ccccc1NC(=O)C1CCCN(Cc2cccc3ccccc23)C1. The third kappa shape index (κ3) is 6.01. The van der Waals surface area contributed by atoms with Crippen molar-refractivity contribution in [2.45, 2.75) is 25.8 Å². The van der Waals surface area contributed by atoms with Crippen LogP contribution in [0, 0.1) is 5.92 Å². The lowest BCUT2D eigenvalue weighted by Crippen LogP contribution is -2.40. The summed E-state index contributed by atoms with van der Waals surface area (Å²) >= 11 is 0. The smallest absolute Gasteiger partial charge is 0.253 e. The Hall–Kier alpha value is -3.22. The number of likely N-dealkylation sites (tertiary alicyclic amines) is 1. The molecule has 0 saturated carbocycles. The zero-order valence-electron chi connectivity index (χ0n) is 19.8. The number of nitrogens with zero attached hydrogens (tertiary/aromatic N) is 1. The molecule has 0 radical (unpaired) electrons. The zero-order chi connectivity index (χ0) is 23.8. The summed E-state index contributed by atoms with van der Waals surface area (Å²) in [5.74, 6) is -0.322. The van der Waals surface area contributed by atoms with Gasteiger partial charge in [-0.2, -0.15) is 0 Å². The van der Waals surface area contributed by atoms with Crippen LogP contribution in [0.3, 0.4) is 0 Å². The molecule has 1 atom stereocenters. The maximum atomic E-state index is 13.2. The first-order valence-corrected chi connectivity index (χ1v) is 12.0. The fourth-order valence-electron chi connectivity index (χ4n) is 4.62. The third-order valence-electron chi connectivity index (χ3n) is 6.39. The molecule has 4 rings (SSSR count). The van der Waals surface area contributed by atoms with E-state index in [0.717, 1.165) is 32.4 Å². The van der Waals surface area contributed by atoms with Crippen LogP contribution in [-0.4, -0.2) is 50.1 Å². The Kier molecular flexibility index (Phi) is 8.28. The molecule has 1 saturated heterocycles. The highest BCUT2D eigenvalue weighted by atomic mass is 16.5. The number of benzene rings is 3. The number of fused-ring (bicyclic) bond motifs is 1. The van der Waals surface area contributed by atoms with E-state index >= 15 is 0 Å². The van der Waals surface area contributed by atoms with Crippen LogP contribution in [0.1, 0.15) is 35.2 Å². The lowest BCUT2D eigenvalue weighted by molar-refractivity contribution is -0.121. The highest BCUT2D eigenvalue weighted by Crippen LogP contribution is 2.25. The van der Waals surface area contributed by atoms with E-state index in [9.17, 15) is 9.59 Å². The number of hydrogen-bond acceptors (Lipinski definition) is 4. The van der Waals surface area contributed by atoms with Crippen LogP contribution in [-0.2, 0) is 16.1 Å². The summed E-state index contributed by atoms with van der Waals surface area (Å²) in [5.41, 5.74) is 2.33. The second kappa shape index (κ2) is 11.8. The van der Waals surface area contributed by atoms with Crippen molar-refractivity contribution in [3.05, 3.63) is 77.9 Å². The average Bonchev–Trinajstić information content (AvgIpc) is 2.87. The van der Waals surface area contributed by atoms with Gasteiger partial charge in [0.15, 0.2) is 0 Å². The fraction of sp³-hybridized carbons (Fsp3) is 0.357. The number of anilines is 1. The van der Waals surface area contributed by atoms with E-state index in [1.807, 2.05) is 12.1 Å². The lowest BCUT2D eigenvalue weighted by Gasteiger charge is -2.32. The molecule has 2 amide bonds. The van der Waals surface area contributed by atoms with E-state index in [-0.39, 0.29) is 17.7 Å². The molecule has 0 spiro atoms. The standard InChI is InChI=1S/C28H33N3O3/c1-34-18-8-16-29-28(33)25-14-4-5-15-26(25)30-27(32)23-12-7-17-31(20-23)19-22-11-6-10-21-9-2-3-13-24(21)22/h2-6,9-11,13-15,23H,7-8,12,16-20H2,1H3,(H,29,33)(H,30,32). The summed E-state index contributed by atoms with van der Waals surface area (Å²) in [6.45, 7) is 3.63. The highest BCUT2D eigenvalue weighted by molar-refractivity contribution is 6.04. The Labute approximate surface area is 201 Å². The molecule has 34 heavy (non-hydrogen) atoms. The summed E-state index contributed by atoms with van der Waals surface area (Å²) in [4.78, 5) is 28.2. The number of rotatable bonds is 9. The molecular weight excluding hydrogens is 426 g/mol. The van der Waals surface area contributed by atoms with Crippen molar-refractivity contribution in [1.29, 1.82) is 0 Å². The van der Waals surface area contributed by atoms with E-state index in [2.05, 4.69) is 58.0 Å². The van der Waals surface area contributed by atoms with Crippen molar-refractivity contribution in [3.63, 3.8) is 0 Å². The largest absolute Gasteiger partial charge is 0.385 e. The molecule has 1 unspecified atom stereocenters. The Morgan fingerprint density at radius 3 is 2.71 bits per heavy atom. The van der Waals surface area contributed by atoms with Gasteiger partial charge in [0, 0.05) is 33.4 Å². The molecule has 178 valence electrons. The van der Waals surface area contributed by atoms with Gasteiger partial charge in [-0.3, -0.25) is 14.5 Å². The van der Waals surface area contributed by atoms with Crippen LogP contribution in [0.5, 0.6) is 0 Å². The first-order chi connectivity index (χ1) is 16.7. The van der Waals surface area contributed by atoms with Crippen LogP contribution in [0.4, 0.5) is 5.69 Å². The molecule has 1 aliphatic rings. The molecule has 2 N–H and O–H groups in total. The van der Waals surface area contributed by atoms with Gasteiger partial charge in [0.1, 0.15) is 0 Å². The third-order valence-corrected chi connectivity index (χ3v) is 6.39. The van der Waals surface area contributed by atoms with Crippen molar-refractivity contribution < 1.29 is 14.3 Å². The van der Waals surface area contributed by atoms with Gasteiger partial charge >= 0.3 is 0 Å². The van der Waals surface area contributed by atoms with E-state index in [4.69, 9.17) is 4.74 Å². The van der Waals surface area contributed by atoms with Gasteiger partial charge in [-0.05, 0) is 54.3 Å². The van der Waals surface area contributed by atoms with Crippen LogP contribution in [0.25, 0.3) is 10.8 Å². The summed E-state index contributed by atoms with van der Waals surface area (Å²) in [7, 11) is 1.64. The fourth-order valence-corrected chi connectivity index (χ4v) is 4.62. The summed E-state index contributed by atoms with van der Waals surface area (Å²) in [6, 6.07) is 22.0. The normalized spacial score (nSPS) is 16.3. The number of carbonyl (C=O) groups is 2. The number of para-hydroxylation sites is 1. The number of hydrogen-bond donors (Lipinski definition) is 2. The molecule has 1 heterocycles. The van der Waals surface area contributed by atoms with Gasteiger partial charge in [0.25, 0.3) is 5.91 Å². The highest BCUT2D eigenvalue weighted by Gasteiger charge is 2.27. The van der Waals surface area contributed by atoms with E-state index in [0.29, 0.717) is 30.9 Å². The lowest BCUT2D eigenvalue weighted by atomic mass is 9.95. The van der Waals surface area contributed by atoms with Gasteiger partial charge < -0.3 is 15.4 Å². The average molecular weight is 460 g/mol. The quantitative estimate of drug-likeness (QED) is 0.464. The first-order valence-electron chi connectivity index (χ1n) is 12.0. The van der Waals surface area contributed by atoms with E-state index in [1.165, 1.54) is 16.3 Å². The number of amides is 2. The maximum absolute atomic E-state index is 13.2. The number of carbonyl (C=O) groups excluding carboxylic acids is 2. The number of ether oxygens (including phenoxy) is 1. The van der Waals surface area contributed by atoms with Crippen LogP contribution in [0.2, 0.25) is 0 Å². The van der Waals surface area contributed by atoms with Gasteiger partial charge in [-0.15, -0.1) is 0 Å². The molecule has 1 aliphatic heterocycles. The Morgan fingerprint density at radius 2 is 1.82 bits per heavy atom. The second-order valence-electron chi connectivity index (χ2n) is 8.85. The molecule has 6 heteroatoms. The van der Waals surface area contributed by atoms with Crippen molar-refractivity contribution in [2.24, 2.45) is 5.92 Å². The Bertz CT molecular complexity index is 1130. The zero-order valence-corrected chi connectivity index (χ0v) is 19.8. The van der Waals surface area contributed by atoms with Gasteiger partial charge in [0.2, 0.25) is 5.91 Å². The molecule has 0 aromatic heterocycles. The summed E-state index contributed by atoms with van der Waals surface area (Å²) in [5, 5.41) is 8.43. The Balaban J connectivity index is 1.39. The van der Waals surface area contributed by atoms with Gasteiger partial charge in [-0.1, -0.05) is 54.6 Å². The van der Waals surface area contributed by atoms with Gasteiger partial charge in [0.05, 0.1) is 17.2 Å². The van der Waals surface area contributed by atoms with Crippen LogP contribution in [0.15, 0.2) is 66.7 Å². The van der Waals surface area contributed by atoms with Crippen molar-refractivity contribution in [1.82, 2.24) is 10.2 Å². The molecule has 6 nitrogen and oxygen atoms in total. The maximum Gasteiger partial charge on any atom is 0.253 e. The predicted octanol–water partition coefficient (Wildman–Crippen LogP) is 4.46.